The van der Waals surface area contributed by atoms with Crippen molar-refractivity contribution in [3.05, 3.63) is 0 Å². The minimum atomic E-state index is -0.103. The molecule has 1 N–H and O–H groups in total. The summed E-state index contributed by atoms with van der Waals surface area (Å²) in [4.78, 5) is 14.3. The average Bonchev–Trinajstić information content (AvgIpc) is 2.87. The molecule has 112 valence electrons. The van der Waals surface area contributed by atoms with Crippen LogP contribution in [0.25, 0.3) is 0 Å². The first-order valence-corrected chi connectivity index (χ1v) is 6.82. The number of likely N-dealkylation sites (N-methyl/N-ethyl adjacent to an activating group) is 1. The van der Waals surface area contributed by atoms with Gasteiger partial charge in [-0.15, -0.1) is 0 Å². The fourth-order valence-corrected chi connectivity index (χ4v) is 2.23. The fraction of sp³-hybridized carbons (Fsp3) is 0.923. The van der Waals surface area contributed by atoms with E-state index in [0.717, 1.165) is 6.54 Å². The Morgan fingerprint density at radius 3 is 2.42 bits per heavy atom. The van der Waals surface area contributed by atoms with E-state index in [9.17, 15) is 4.79 Å². The molecule has 0 aliphatic carbocycles. The van der Waals surface area contributed by atoms with E-state index in [2.05, 4.69) is 5.32 Å². The molecular formula is C13H26N2O4. The quantitative estimate of drug-likeness (QED) is 0.627. The van der Waals surface area contributed by atoms with Crippen LogP contribution in [0.3, 0.4) is 0 Å². The third-order valence-electron chi connectivity index (χ3n) is 3.31. The van der Waals surface area contributed by atoms with E-state index in [1.54, 1.807) is 19.1 Å². The maximum atomic E-state index is 12.5. The van der Waals surface area contributed by atoms with Crippen LogP contribution in [0.4, 0.5) is 0 Å². The summed E-state index contributed by atoms with van der Waals surface area (Å²) in [6, 6.07) is 0.116. The van der Waals surface area contributed by atoms with Crippen molar-refractivity contribution in [3.63, 3.8) is 0 Å². The lowest BCUT2D eigenvalue weighted by molar-refractivity contribution is -0.137. The second kappa shape index (κ2) is 9.25. The van der Waals surface area contributed by atoms with Crippen LogP contribution in [0.15, 0.2) is 0 Å². The Bertz CT molecular complexity index is 255. The molecule has 1 aliphatic rings. The number of carbonyl (C=O) groups is 1. The lowest BCUT2D eigenvalue weighted by Crippen LogP contribution is -2.47. The fourth-order valence-electron chi connectivity index (χ4n) is 2.23. The number of rotatable bonds is 9. The Hall–Kier alpha value is -0.690. The van der Waals surface area contributed by atoms with Crippen LogP contribution < -0.4 is 5.32 Å². The van der Waals surface area contributed by atoms with Crippen molar-refractivity contribution < 1.29 is 19.0 Å². The topological polar surface area (TPSA) is 60.0 Å². The summed E-state index contributed by atoms with van der Waals surface area (Å²) in [5.74, 6) is 0.0196. The van der Waals surface area contributed by atoms with E-state index in [4.69, 9.17) is 14.2 Å². The van der Waals surface area contributed by atoms with Crippen LogP contribution in [-0.2, 0) is 19.0 Å². The van der Waals surface area contributed by atoms with E-state index < -0.39 is 0 Å². The molecule has 6 heteroatoms. The number of nitrogens with zero attached hydrogens (tertiary/aromatic N) is 1. The molecule has 0 radical (unpaired) electrons. The molecule has 6 nitrogen and oxygen atoms in total. The largest absolute Gasteiger partial charge is 0.383 e. The number of amides is 1. The molecule has 2 atom stereocenters. The number of methoxy groups -OCH3 is 2. The van der Waals surface area contributed by atoms with Crippen molar-refractivity contribution in [2.45, 2.75) is 13.0 Å². The van der Waals surface area contributed by atoms with Crippen LogP contribution in [-0.4, -0.2) is 77.1 Å². The number of nitrogens with one attached hydrogen (secondary N) is 1. The van der Waals surface area contributed by atoms with Gasteiger partial charge in [-0.3, -0.25) is 4.79 Å². The SMILES string of the molecule is CCNC1COCC1C(=O)N(CCOC)CCOC. The van der Waals surface area contributed by atoms with Gasteiger partial charge in [0.2, 0.25) is 5.91 Å². The average molecular weight is 274 g/mol. The van der Waals surface area contributed by atoms with Crippen molar-refractivity contribution in [3.8, 4) is 0 Å². The Kier molecular flexibility index (Phi) is 7.97. The van der Waals surface area contributed by atoms with Gasteiger partial charge in [-0.2, -0.15) is 0 Å². The molecule has 0 spiro atoms. The molecule has 1 fully saturated rings. The molecule has 1 saturated heterocycles. The second-order valence-corrected chi connectivity index (χ2v) is 4.62. The monoisotopic (exact) mass is 274 g/mol. The zero-order valence-electron chi connectivity index (χ0n) is 12.2. The number of ether oxygens (including phenoxy) is 3. The van der Waals surface area contributed by atoms with Gasteiger partial charge in [0.1, 0.15) is 0 Å². The molecule has 1 heterocycles. The number of carbonyl (C=O) groups excluding carboxylic acids is 1. The van der Waals surface area contributed by atoms with Gasteiger partial charge in [0, 0.05) is 33.4 Å². The summed E-state index contributed by atoms with van der Waals surface area (Å²) >= 11 is 0. The second-order valence-electron chi connectivity index (χ2n) is 4.62. The zero-order valence-corrected chi connectivity index (χ0v) is 12.2. The van der Waals surface area contributed by atoms with Gasteiger partial charge in [0.15, 0.2) is 0 Å². The molecule has 0 aromatic heterocycles. The van der Waals surface area contributed by atoms with Crippen LogP contribution >= 0.6 is 0 Å². The molecule has 0 aromatic rings. The van der Waals surface area contributed by atoms with Gasteiger partial charge in [-0.25, -0.2) is 0 Å². The van der Waals surface area contributed by atoms with Crippen LogP contribution in [0.1, 0.15) is 6.92 Å². The predicted octanol–water partition coefficient (Wildman–Crippen LogP) is -0.268. The third-order valence-corrected chi connectivity index (χ3v) is 3.31. The first-order valence-electron chi connectivity index (χ1n) is 6.82. The molecule has 0 aromatic carbocycles. The minimum absolute atomic E-state index is 0.103. The number of hydrogen-bond acceptors (Lipinski definition) is 5. The first kappa shape index (κ1) is 16.4. The van der Waals surface area contributed by atoms with Crippen molar-refractivity contribution >= 4 is 5.91 Å². The summed E-state index contributed by atoms with van der Waals surface area (Å²) in [6.07, 6.45) is 0. The summed E-state index contributed by atoms with van der Waals surface area (Å²) in [7, 11) is 3.28. The van der Waals surface area contributed by atoms with E-state index in [1.165, 1.54) is 0 Å². The maximum Gasteiger partial charge on any atom is 0.229 e. The summed E-state index contributed by atoms with van der Waals surface area (Å²) in [5.41, 5.74) is 0. The lowest BCUT2D eigenvalue weighted by Gasteiger charge is -2.27. The predicted molar refractivity (Wildman–Crippen MR) is 72.1 cm³/mol. The summed E-state index contributed by atoms with van der Waals surface area (Å²) < 4.78 is 15.5. The standard InChI is InChI=1S/C13H26N2O4/c1-4-14-12-10-19-9-11(12)13(16)15(5-7-17-2)6-8-18-3/h11-12,14H,4-10H2,1-3H3. The van der Waals surface area contributed by atoms with E-state index in [0.29, 0.717) is 39.5 Å². The Morgan fingerprint density at radius 1 is 1.26 bits per heavy atom. The van der Waals surface area contributed by atoms with Gasteiger partial charge in [0.25, 0.3) is 0 Å². The molecule has 1 rings (SSSR count). The molecular weight excluding hydrogens is 248 g/mol. The third kappa shape index (κ3) is 5.06. The zero-order chi connectivity index (χ0) is 14.1. The minimum Gasteiger partial charge on any atom is -0.383 e. The first-order chi connectivity index (χ1) is 9.24. The van der Waals surface area contributed by atoms with Crippen molar-refractivity contribution in [2.24, 2.45) is 5.92 Å². The highest BCUT2D eigenvalue weighted by Crippen LogP contribution is 2.16. The Balaban J connectivity index is 2.57. The van der Waals surface area contributed by atoms with Crippen molar-refractivity contribution in [1.29, 1.82) is 0 Å². The van der Waals surface area contributed by atoms with Crippen molar-refractivity contribution in [1.82, 2.24) is 10.2 Å². The maximum absolute atomic E-state index is 12.5. The molecule has 2 unspecified atom stereocenters. The lowest BCUT2D eigenvalue weighted by atomic mass is 10.0. The highest BCUT2D eigenvalue weighted by Gasteiger charge is 2.35. The van der Waals surface area contributed by atoms with Gasteiger partial charge < -0.3 is 24.4 Å². The highest BCUT2D eigenvalue weighted by molar-refractivity contribution is 5.80. The Labute approximate surface area is 115 Å². The van der Waals surface area contributed by atoms with E-state index >= 15 is 0 Å². The van der Waals surface area contributed by atoms with Gasteiger partial charge in [-0.05, 0) is 6.54 Å². The van der Waals surface area contributed by atoms with E-state index in [1.807, 2.05) is 6.92 Å². The van der Waals surface area contributed by atoms with Gasteiger partial charge >= 0.3 is 0 Å². The van der Waals surface area contributed by atoms with Crippen LogP contribution in [0.5, 0.6) is 0 Å². The van der Waals surface area contributed by atoms with Crippen molar-refractivity contribution in [2.75, 3.05) is 60.3 Å². The molecule has 0 saturated carbocycles. The molecule has 1 amide bonds. The van der Waals surface area contributed by atoms with Crippen LogP contribution in [0, 0.1) is 5.92 Å². The van der Waals surface area contributed by atoms with Gasteiger partial charge in [-0.1, -0.05) is 6.92 Å². The van der Waals surface area contributed by atoms with Gasteiger partial charge in [0.05, 0.1) is 32.3 Å². The number of hydrogen-bond donors (Lipinski definition) is 1. The summed E-state index contributed by atoms with van der Waals surface area (Å²) in [6.45, 7) is 6.23. The Morgan fingerprint density at radius 2 is 1.89 bits per heavy atom. The molecule has 0 bridgehead atoms. The summed E-state index contributed by atoms with van der Waals surface area (Å²) in [5, 5.41) is 3.31. The molecule has 1 aliphatic heterocycles. The van der Waals surface area contributed by atoms with E-state index in [-0.39, 0.29) is 17.9 Å². The smallest absolute Gasteiger partial charge is 0.229 e. The highest BCUT2D eigenvalue weighted by atomic mass is 16.5. The normalized spacial score (nSPS) is 22.7. The molecule has 19 heavy (non-hydrogen) atoms. The van der Waals surface area contributed by atoms with Crippen LogP contribution in [0.2, 0.25) is 0 Å².